The molecule has 3 nitrogen and oxygen atoms in total. The van der Waals surface area contributed by atoms with E-state index in [-0.39, 0.29) is 0 Å². The Bertz CT molecular complexity index is 363. The third kappa shape index (κ3) is 3.24. The highest BCUT2D eigenvalue weighted by Gasteiger charge is 2.25. The average Bonchev–Trinajstić information content (AvgIpc) is 2.41. The van der Waals surface area contributed by atoms with Crippen LogP contribution < -0.4 is 5.73 Å². The molecule has 1 aliphatic heterocycles. The molecule has 0 bridgehead atoms. The van der Waals surface area contributed by atoms with Gasteiger partial charge in [-0.1, -0.05) is 18.6 Å². The highest BCUT2D eigenvalue weighted by atomic mass is 16.3. The number of rotatable bonds is 4. The van der Waals surface area contributed by atoms with Crippen molar-refractivity contribution in [1.29, 1.82) is 0 Å². The molecule has 0 aliphatic carbocycles. The van der Waals surface area contributed by atoms with E-state index in [0.717, 1.165) is 13.0 Å². The van der Waals surface area contributed by atoms with Crippen LogP contribution in [-0.2, 0) is 6.42 Å². The molecule has 1 aromatic rings. The summed E-state index contributed by atoms with van der Waals surface area (Å²) in [6, 6.07) is 8.60. The maximum absolute atomic E-state index is 9.29. The third-order valence-corrected chi connectivity index (χ3v) is 3.98. The first kappa shape index (κ1) is 13.4. The van der Waals surface area contributed by atoms with Crippen molar-refractivity contribution in [1.82, 2.24) is 4.90 Å². The zero-order valence-corrected chi connectivity index (χ0v) is 11.2. The molecule has 0 aromatic heterocycles. The minimum atomic E-state index is 0.337. The molecule has 2 atom stereocenters. The second kappa shape index (κ2) is 6.21. The van der Waals surface area contributed by atoms with Gasteiger partial charge in [0.2, 0.25) is 0 Å². The fourth-order valence-corrected chi connectivity index (χ4v) is 2.95. The molecule has 18 heavy (non-hydrogen) atoms. The van der Waals surface area contributed by atoms with E-state index in [4.69, 9.17) is 5.73 Å². The van der Waals surface area contributed by atoms with Crippen molar-refractivity contribution in [2.45, 2.75) is 44.7 Å². The molecule has 1 fully saturated rings. The molecule has 1 saturated heterocycles. The first-order valence-corrected chi connectivity index (χ1v) is 6.94. The van der Waals surface area contributed by atoms with Gasteiger partial charge in [0.25, 0.3) is 0 Å². The van der Waals surface area contributed by atoms with Crippen LogP contribution >= 0.6 is 0 Å². The summed E-state index contributed by atoms with van der Waals surface area (Å²) in [6.45, 7) is 4.21. The van der Waals surface area contributed by atoms with Crippen LogP contribution in [0.5, 0.6) is 5.75 Å². The van der Waals surface area contributed by atoms with Gasteiger partial charge >= 0.3 is 0 Å². The molecule has 3 N–H and O–H groups in total. The number of nitrogens with zero attached hydrogens (tertiary/aromatic N) is 1. The summed E-state index contributed by atoms with van der Waals surface area (Å²) < 4.78 is 0. The molecule has 1 aliphatic rings. The Morgan fingerprint density at radius 1 is 1.33 bits per heavy atom. The third-order valence-electron chi connectivity index (χ3n) is 3.98. The SMILES string of the molecule is CC(Cc1ccc(O)cc1)N1CCCCC1CN. The molecule has 0 amide bonds. The number of aromatic hydroxyl groups is 1. The Hall–Kier alpha value is -1.06. The van der Waals surface area contributed by atoms with Crippen molar-refractivity contribution in [3.05, 3.63) is 29.8 Å². The lowest BCUT2D eigenvalue weighted by Crippen LogP contribution is -2.49. The zero-order chi connectivity index (χ0) is 13.0. The Kier molecular flexibility index (Phi) is 4.61. The minimum Gasteiger partial charge on any atom is -0.508 e. The van der Waals surface area contributed by atoms with E-state index >= 15 is 0 Å². The molecular formula is C15H24N2O. The topological polar surface area (TPSA) is 49.5 Å². The number of phenolic OH excluding ortho intramolecular Hbond substituents is 1. The highest BCUT2D eigenvalue weighted by Crippen LogP contribution is 2.21. The maximum atomic E-state index is 9.29. The number of phenols is 1. The first-order chi connectivity index (χ1) is 8.70. The molecule has 2 unspecified atom stereocenters. The predicted molar refractivity (Wildman–Crippen MR) is 74.7 cm³/mol. The molecule has 0 radical (unpaired) electrons. The van der Waals surface area contributed by atoms with Crippen LogP contribution in [0.15, 0.2) is 24.3 Å². The van der Waals surface area contributed by atoms with E-state index in [1.54, 1.807) is 12.1 Å². The summed E-state index contributed by atoms with van der Waals surface area (Å²) in [4.78, 5) is 2.55. The fraction of sp³-hybridized carbons (Fsp3) is 0.600. The van der Waals surface area contributed by atoms with Crippen LogP contribution in [0.3, 0.4) is 0 Å². The zero-order valence-electron chi connectivity index (χ0n) is 11.2. The predicted octanol–water partition coefficient (Wildman–Crippen LogP) is 2.14. The average molecular weight is 248 g/mol. The summed E-state index contributed by atoms with van der Waals surface area (Å²) >= 11 is 0. The molecule has 2 rings (SSSR count). The van der Waals surface area contributed by atoms with Gasteiger partial charge in [-0.25, -0.2) is 0 Å². The molecular weight excluding hydrogens is 224 g/mol. The van der Waals surface area contributed by atoms with Crippen molar-refractivity contribution in [2.75, 3.05) is 13.1 Å². The lowest BCUT2D eigenvalue weighted by molar-refractivity contribution is 0.107. The number of piperidine rings is 1. The lowest BCUT2D eigenvalue weighted by atomic mass is 9.97. The number of hydrogen-bond donors (Lipinski definition) is 2. The van der Waals surface area contributed by atoms with Crippen molar-refractivity contribution in [2.24, 2.45) is 5.73 Å². The van der Waals surface area contributed by atoms with Crippen LogP contribution in [0, 0.1) is 0 Å². The monoisotopic (exact) mass is 248 g/mol. The summed E-state index contributed by atoms with van der Waals surface area (Å²) in [6.07, 6.45) is 4.86. The van der Waals surface area contributed by atoms with Gasteiger partial charge in [0.15, 0.2) is 0 Å². The summed E-state index contributed by atoms with van der Waals surface area (Å²) in [5.41, 5.74) is 7.15. The standard InChI is InChI=1S/C15H24N2O/c1-12(10-13-5-7-15(18)8-6-13)17-9-3-2-4-14(17)11-16/h5-8,12,14,18H,2-4,9-11,16H2,1H3. The van der Waals surface area contributed by atoms with E-state index in [1.165, 1.54) is 31.4 Å². The van der Waals surface area contributed by atoms with Crippen molar-refractivity contribution in [3.63, 3.8) is 0 Å². The fourth-order valence-electron chi connectivity index (χ4n) is 2.95. The van der Waals surface area contributed by atoms with Crippen molar-refractivity contribution >= 4 is 0 Å². The maximum Gasteiger partial charge on any atom is 0.115 e. The van der Waals surface area contributed by atoms with E-state index < -0.39 is 0 Å². The summed E-state index contributed by atoms with van der Waals surface area (Å²) in [7, 11) is 0. The van der Waals surface area contributed by atoms with Gasteiger partial charge in [0.1, 0.15) is 5.75 Å². The van der Waals surface area contributed by atoms with Crippen LogP contribution in [0.25, 0.3) is 0 Å². The molecule has 1 heterocycles. The van der Waals surface area contributed by atoms with Crippen LogP contribution in [0.2, 0.25) is 0 Å². The number of benzene rings is 1. The smallest absolute Gasteiger partial charge is 0.115 e. The van der Waals surface area contributed by atoms with E-state index in [1.807, 2.05) is 12.1 Å². The van der Waals surface area contributed by atoms with Gasteiger partial charge in [-0.2, -0.15) is 0 Å². The Labute approximate surface area is 110 Å². The quantitative estimate of drug-likeness (QED) is 0.858. The van der Waals surface area contributed by atoms with Crippen LogP contribution in [0.4, 0.5) is 0 Å². The normalized spacial score (nSPS) is 22.9. The van der Waals surface area contributed by atoms with E-state index in [9.17, 15) is 5.11 Å². The number of likely N-dealkylation sites (tertiary alicyclic amines) is 1. The van der Waals surface area contributed by atoms with Gasteiger partial charge < -0.3 is 10.8 Å². The van der Waals surface area contributed by atoms with Crippen molar-refractivity contribution in [3.8, 4) is 5.75 Å². The Balaban J connectivity index is 1.97. The first-order valence-electron chi connectivity index (χ1n) is 6.94. The van der Waals surface area contributed by atoms with Gasteiger partial charge in [-0.15, -0.1) is 0 Å². The van der Waals surface area contributed by atoms with Gasteiger partial charge in [-0.3, -0.25) is 4.90 Å². The Morgan fingerprint density at radius 2 is 2.06 bits per heavy atom. The van der Waals surface area contributed by atoms with Gasteiger partial charge in [-0.05, 0) is 50.4 Å². The largest absolute Gasteiger partial charge is 0.508 e. The summed E-state index contributed by atoms with van der Waals surface area (Å²) in [5.74, 6) is 0.337. The number of hydrogen-bond acceptors (Lipinski definition) is 3. The van der Waals surface area contributed by atoms with Gasteiger partial charge in [0.05, 0.1) is 0 Å². The van der Waals surface area contributed by atoms with Crippen LogP contribution in [-0.4, -0.2) is 35.2 Å². The van der Waals surface area contributed by atoms with Crippen LogP contribution in [0.1, 0.15) is 31.7 Å². The van der Waals surface area contributed by atoms with E-state index in [0.29, 0.717) is 17.8 Å². The lowest BCUT2D eigenvalue weighted by Gasteiger charge is -2.39. The molecule has 0 spiro atoms. The van der Waals surface area contributed by atoms with E-state index in [2.05, 4.69) is 11.8 Å². The molecule has 3 heteroatoms. The molecule has 0 saturated carbocycles. The van der Waals surface area contributed by atoms with Crippen molar-refractivity contribution < 1.29 is 5.11 Å². The minimum absolute atomic E-state index is 0.337. The Morgan fingerprint density at radius 3 is 2.72 bits per heavy atom. The second-order valence-electron chi connectivity index (χ2n) is 5.34. The van der Waals surface area contributed by atoms with Gasteiger partial charge in [0, 0.05) is 18.6 Å². The second-order valence-corrected chi connectivity index (χ2v) is 5.34. The summed E-state index contributed by atoms with van der Waals surface area (Å²) in [5, 5.41) is 9.29. The highest BCUT2D eigenvalue weighted by molar-refractivity contribution is 5.26. The molecule has 100 valence electrons. The molecule has 1 aromatic carbocycles. The number of nitrogens with two attached hydrogens (primary N) is 1.